The van der Waals surface area contributed by atoms with Crippen molar-refractivity contribution in [1.82, 2.24) is 4.90 Å². The number of likely N-dealkylation sites (N-methyl/N-ethyl adjacent to an activating group) is 1. The third-order valence-electron chi connectivity index (χ3n) is 2.92. The Hall–Kier alpha value is -1.35. The van der Waals surface area contributed by atoms with E-state index >= 15 is 0 Å². The Balaban J connectivity index is 2.72. The fourth-order valence-corrected chi connectivity index (χ4v) is 2.00. The molecule has 0 aliphatic carbocycles. The van der Waals surface area contributed by atoms with E-state index in [9.17, 15) is 9.90 Å². The van der Waals surface area contributed by atoms with Crippen LogP contribution in [0.2, 0.25) is 0 Å². The van der Waals surface area contributed by atoms with E-state index in [4.69, 9.17) is 0 Å². The van der Waals surface area contributed by atoms with Crippen LogP contribution in [0, 0.1) is 0 Å². The van der Waals surface area contributed by atoms with Crippen molar-refractivity contribution >= 4 is 5.97 Å². The smallest absolute Gasteiger partial charge is 0.320 e. The molecule has 0 fully saturated rings. The minimum Gasteiger partial charge on any atom is -0.480 e. The lowest BCUT2D eigenvalue weighted by Crippen LogP contribution is -2.40. The highest BCUT2D eigenvalue weighted by Crippen LogP contribution is 2.12. The summed E-state index contributed by atoms with van der Waals surface area (Å²) < 4.78 is 0. The van der Waals surface area contributed by atoms with Gasteiger partial charge in [-0.1, -0.05) is 50.6 Å². The molecular formula is C14H21NO2. The van der Waals surface area contributed by atoms with Gasteiger partial charge in [0.1, 0.15) is 6.04 Å². The monoisotopic (exact) mass is 235 g/mol. The van der Waals surface area contributed by atoms with Crippen LogP contribution in [-0.2, 0) is 11.3 Å². The summed E-state index contributed by atoms with van der Waals surface area (Å²) in [5.74, 6) is -0.718. The van der Waals surface area contributed by atoms with Gasteiger partial charge in [-0.05, 0) is 18.5 Å². The zero-order chi connectivity index (χ0) is 12.7. The van der Waals surface area contributed by atoms with Crippen LogP contribution in [0.3, 0.4) is 0 Å². The van der Waals surface area contributed by atoms with Crippen molar-refractivity contribution in [1.29, 1.82) is 0 Å². The molecule has 3 nitrogen and oxygen atoms in total. The van der Waals surface area contributed by atoms with Gasteiger partial charge in [0.2, 0.25) is 0 Å². The van der Waals surface area contributed by atoms with Crippen molar-refractivity contribution in [3.05, 3.63) is 35.9 Å². The number of carbonyl (C=O) groups is 1. The molecule has 0 aromatic heterocycles. The van der Waals surface area contributed by atoms with E-state index in [0.29, 0.717) is 13.0 Å². The van der Waals surface area contributed by atoms with Crippen LogP contribution < -0.4 is 0 Å². The van der Waals surface area contributed by atoms with E-state index in [1.807, 2.05) is 49.1 Å². The maximum Gasteiger partial charge on any atom is 0.320 e. The highest BCUT2D eigenvalue weighted by molar-refractivity contribution is 5.73. The largest absolute Gasteiger partial charge is 0.480 e. The Bertz CT molecular complexity index is 337. The molecular weight excluding hydrogens is 214 g/mol. The average Bonchev–Trinajstić information content (AvgIpc) is 2.34. The van der Waals surface area contributed by atoms with Gasteiger partial charge in [-0.3, -0.25) is 9.69 Å². The summed E-state index contributed by atoms with van der Waals surface area (Å²) >= 11 is 0. The molecule has 17 heavy (non-hydrogen) atoms. The van der Waals surface area contributed by atoms with Crippen LogP contribution >= 0.6 is 0 Å². The van der Waals surface area contributed by atoms with Gasteiger partial charge in [0, 0.05) is 6.54 Å². The van der Waals surface area contributed by atoms with Crippen molar-refractivity contribution < 1.29 is 9.90 Å². The molecule has 94 valence electrons. The molecule has 1 aromatic rings. The lowest BCUT2D eigenvalue weighted by Gasteiger charge is -2.27. The van der Waals surface area contributed by atoms with Crippen LogP contribution in [0.25, 0.3) is 0 Å². The third kappa shape index (κ3) is 4.19. The van der Waals surface area contributed by atoms with Crippen LogP contribution in [-0.4, -0.2) is 28.6 Å². The fourth-order valence-electron chi connectivity index (χ4n) is 2.00. The van der Waals surface area contributed by atoms with Gasteiger partial charge in [-0.15, -0.1) is 0 Å². The minimum absolute atomic E-state index is 0.370. The quantitative estimate of drug-likeness (QED) is 0.790. The summed E-state index contributed by atoms with van der Waals surface area (Å²) in [4.78, 5) is 13.3. The first kappa shape index (κ1) is 13.7. The Morgan fingerprint density at radius 2 is 1.94 bits per heavy atom. The number of carboxylic acid groups (broad SMARTS) is 1. The predicted molar refractivity (Wildman–Crippen MR) is 68.9 cm³/mol. The predicted octanol–water partition coefficient (Wildman–Crippen LogP) is 2.76. The number of carboxylic acids is 1. The van der Waals surface area contributed by atoms with Gasteiger partial charge in [0.15, 0.2) is 0 Å². The standard InChI is InChI=1S/C14H21NO2/c1-3-8-13(14(16)17)15(4-2)11-12-9-6-5-7-10-12/h5-7,9-10,13H,3-4,8,11H2,1-2H3,(H,16,17). The lowest BCUT2D eigenvalue weighted by molar-refractivity contribution is -0.143. The summed E-state index contributed by atoms with van der Waals surface area (Å²) in [6.07, 6.45) is 1.60. The first-order chi connectivity index (χ1) is 8.19. The first-order valence-electron chi connectivity index (χ1n) is 6.19. The SMILES string of the molecule is CCCC(C(=O)O)N(CC)Cc1ccccc1. The Kier molecular flexibility index (Phi) is 5.70. The Morgan fingerprint density at radius 1 is 1.29 bits per heavy atom. The van der Waals surface area contributed by atoms with E-state index in [1.165, 1.54) is 0 Å². The highest BCUT2D eigenvalue weighted by Gasteiger charge is 2.23. The van der Waals surface area contributed by atoms with Gasteiger partial charge < -0.3 is 5.11 Å². The van der Waals surface area contributed by atoms with Crippen LogP contribution in [0.15, 0.2) is 30.3 Å². The van der Waals surface area contributed by atoms with Gasteiger partial charge in [-0.25, -0.2) is 0 Å². The maximum absolute atomic E-state index is 11.2. The summed E-state index contributed by atoms with van der Waals surface area (Å²) in [6, 6.07) is 9.64. The molecule has 1 N–H and O–H groups in total. The molecule has 1 atom stereocenters. The zero-order valence-electron chi connectivity index (χ0n) is 10.6. The summed E-state index contributed by atoms with van der Waals surface area (Å²) in [5.41, 5.74) is 1.16. The molecule has 1 rings (SSSR count). The molecule has 0 spiro atoms. The Morgan fingerprint density at radius 3 is 2.41 bits per heavy atom. The van der Waals surface area contributed by atoms with Crippen LogP contribution in [0.5, 0.6) is 0 Å². The molecule has 0 bridgehead atoms. The van der Waals surface area contributed by atoms with Crippen LogP contribution in [0.1, 0.15) is 32.3 Å². The van der Waals surface area contributed by atoms with Crippen molar-refractivity contribution in [3.63, 3.8) is 0 Å². The first-order valence-corrected chi connectivity index (χ1v) is 6.19. The number of hydrogen-bond donors (Lipinski definition) is 1. The number of benzene rings is 1. The maximum atomic E-state index is 11.2. The van der Waals surface area contributed by atoms with Gasteiger partial charge >= 0.3 is 5.97 Å². The highest BCUT2D eigenvalue weighted by atomic mass is 16.4. The van der Waals surface area contributed by atoms with E-state index in [1.54, 1.807) is 0 Å². The van der Waals surface area contributed by atoms with E-state index < -0.39 is 5.97 Å². The van der Waals surface area contributed by atoms with Crippen molar-refractivity contribution in [2.75, 3.05) is 6.54 Å². The zero-order valence-corrected chi connectivity index (χ0v) is 10.6. The summed E-state index contributed by atoms with van der Waals surface area (Å²) in [7, 11) is 0. The molecule has 0 aliphatic heterocycles. The number of aliphatic carboxylic acids is 1. The van der Waals surface area contributed by atoms with E-state index in [-0.39, 0.29) is 6.04 Å². The second kappa shape index (κ2) is 7.07. The van der Waals surface area contributed by atoms with E-state index in [0.717, 1.165) is 18.5 Å². The fraction of sp³-hybridized carbons (Fsp3) is 0.500. The number of rotatable bonds is 7. The van der Waals surface area contributed by atoms with Gasteiger partial charge in [-0.2, -0.15) is 0 Å². The topological polar surface area (TPSA) is 40.5 Å². The molecule has 0 radical (unpaired) electrons. The molecule has 0 aliphatic rings. The van der Waals surface area contributed by atoms with Crippen molar-refractivity contribution in [2.24, 2.45) is 0 Å². The molecule has 0 heterocycles. The lowest BCUT2D eigenvalue weighted by atomic mass is 10.1. The van der Waals surface area contributed by atoms with Crippen molar-refractivity contribution in [2.45, 2.75) is 39.3 Å². The Labute approximate surface area is 103 Å². The molecule has 0 saturated heterocycles. The second-order valence-corrected chi connectivity index (χ2v) is 4.19. The molecule has 1 unspecified atom stereocenters. The number of nitrogens with zero attached hydrogens (tertiary/aromatic N) is 1. The minimum atomic E-state index is -0.718. The molecule has 3 heteroatoms. The summed E-state index contributed by atoms with van der Waals surface area (Å²) in [5, 5.41) is 9.24. The van der Waals surface area contributed by atoms with Crippen LogP contribution in [0.4, 0.5) is 0 Å². The molecule has 1 aromatic carbocycles. The molecule has 0 amide bonds. The number of hydrogen-bond acceptors (Lipinski definition) is 2. The van der Waals surface area contributed by atoms with Gasteiger partial charge in [0.05, 0.1) is 0 Å². The average molecular weight is 235 g/mol. The normalized spacial score (nSPS) is 12.6. The third-order valence-corrected chi connectivity index (χ3v) is 2.92. The summed E-state index contributed by atoms with van der Waals surface area (Å²) in [6.45, 7) is 5.49. The second-order valence-electron chi connectivity index (χ2n) is 4.19. The van der Waals surface area contributed by atoms with E-state index in [2.05, 4.69) is 0 Å². The molecule has 0 saturated carbocycles. The van der Waals surface area contributed by atoms with Gasteiger partial charge in [0.25, 0.3) is 0 Å². The van der Waals surface area contributed by atoms with Crippen molar-refractivity contribution in [3.8, 4) is 0 Å².